The van der Waals surface area contributed by atoms with Crippen molar-refractivity contribution in [3.05, 3.63) is 39.9 Å². The molecule has 3 heterocycles. The predicted molar refractivity (Wildman–Crippen MR) is 76.8 cm³/mol. The highest BCUT2D eigenvalue weighted by molar-refractivity contribution is 9.10. The van der Waals surface area contributed by atoms with E-state index in [4.69, 9.17) is 0 Å². The molecule has 0 amide bonds. The second kappa shape index (κ2) is 4.79. The van der Waals surface area contributed by atoms with Crippen LogP contribution in [-0.4, -0.2) is 21.6 Å². The molecule has 92 valence electrons. The maximum Gasteiger partial charge on any atom is 0.155 e. The fraction of sp³-hybridized carbons (Fsp3) is 0.167. The molecule has 0 aromatic carbocycles. The van der Waals surface area contributed by atoms with Crippen molar-refractivity contribution in [3.63, 3.8) is 0 Å². The Labute approximate surface area is 117 Å². The fourth-order valence-electron chi connectivity index (χ4n) is 1.79. The summed E-state index contributed by atoms with van der Waals surface area (Å²) in [4.78, 5) is 5.68. The summed E-state index contributed by atoms with van der Waals surface area (Å²) in [5, 5.41) is 9.76. The number of imidazole rings is 1. The Hall–Kier alpha value is -1.24. The van der Waals surface area contributed by atoms with E-state index in [-0.39, 0.29) is 0 Å². The number of thiophene rings is 1. The van der Waals surface area contributed by atoms with Gasteiger partial charge in [0.15, 0.2) is 5.65 Å². The normalized spacial score (nSPS) is 11.2. The van der Waals surface area contributed by atoms with Crippen LogP contribution in [0, 0.1) is 0 Å². The van der Waals surface area contributed by atoms with Crippen LogP contribution in [0.25, 0.3) is 16.2 Å². The minimum Gasteiger partial charge on any atom is -0.314 e. The van der Waals surface area contributed by atoms with Crippen molar-refractivity contribution < 1.29 is 0 Å². The van der Waals surface area contributed by atoms with Gasteiger partial charge in [-0.05, 0) is 46.6 Å². The zero-order valence-corrected chi connectivity index (χ0v) is 12.1. The van der Waals surface area contributed by atoms with Gasteiger partial charge in [-0.25, -0.2) is 9.50 Å². The van der Waals surface area contributed by atoms with E-state index in [9.17, 15) is 0 Å². The van der Waals surface area contributed by atoms with Crippen LogP contribution >= 0.6 is 27.3 Å². The van der Waals surface area contributed by atoms with Crippen molar-refractivity contribution >= 4 is 32.9 Å². The van der Waals surface area contributed by atoms with Crippen molar-refractivity contribution in [2.24, 2.45) is 0 Å². The van der Waals surface area contributed by atoms with Gasteiger partial charge in [-0.3, -0.25) is 0 Å². The van der Waals surface area contributed by atoms with Gasteiger partial charge in [0, 0.05) is 6.54 Å². The molecule has 0 saturated heterocycles. The highest BCUT2D eigenvalue weighted by atomic mass is 79.9. The molecule has 0 unspecified atom stereocenters. The molecule has 0 aliphatic carbocycles. The van der Waals surface area contributed by atoms with E-state index in [1.54, 1.807) is 11.3 Å². The van der Waals surface area contributed by atoms with E-state index in [1.807, 2.05) is 29.8 Å². The monoisotopic (exact) mass is 322 g/mol. The van der Waals surface area contributed by atoms with Gasteiger partial charge in [-0.2, -0.15) is 5.10 Å². The lowest BCUT2D eigenvalue weighted by Crippen LogP contribution is -2.05. The number of rotatable bonds is 3. The van der Waals surface area contributed by atoms with Crippen molar-refractivity contribution in [1.29, 1.82) is 0 Å². The fourth-order valence-corrected chi connectivity index (χ4v) is 2.97. The molecule has 3 rings (SSSR count). The van der Waals surface area contributed by atoms with Gasteiger partial charge in [-0.1, -0.05) is 6.07 Å². The van der Waals surface area contributed by atoms with Gasteiger partial charge < -0.3 is 5.32 Å². The molecular formula is C12H11BrN4S. The lowest BCUT2D eigenvalue weighted by molar-refractivity contribution is 0.789. The van der Waals surface area contributed by atoms with Crippen LogP contribution in [0.5, 0.6) is 0 Å². The molecule has 6 heteroatoms. The third-order valence-electron chi connectivity index (χ3n) is 2.61. The van der Waals surface area contributed by atoms with E-state index in [1.165, 1.54) is 0 Å². The summed E-state index contributed by atoms with van der Waals surface area (Å²) in [7, 11) is 1.90. The van der Waals surface area contributed by atoms with E-state index in [0.29, 0.717) is 0 Å². The van der Waals surface area contributed by atoms with Crippen molar-refractivity contribution in [2.45, 2.75) is 6.54 Å². The average Bonchev–Trinajstić information content (AvgIpc) is 3.00. The molecule has 18 heavy (non-hydrogen) atoms. The number of hydrogen-bond acceptors (Lipinski definition) is 4. The van der Waals surface area contributed by atoms with Crippen LogP contribution in [0.3, 0.4) is 0 Å². The van der Waals surface area contributed by atoms with Gasteiger partial charge in [-0.15, -0.1) is 11.3 Å². The van der Waals surface area contributed by atoms with Crippen LogP contribution in [-0.2, 0) is 6.54 Å². The maximum atomic E-state index is 4.61. The van der Waals surface area contributed by atoms with Crippen LogP contribution < -0.4 is 5.32 Å². The highest BCUT2D eigenvalue weighted by Gasteiger charge is 2.11. The smallest absolute Gasteiger partial charge is 0.155 e. The lowest BCUT2D eigenvalue weighted by atomic mass is 10.3. The summed E-state index contributed by atoms with van der Waals surface area (Å²) in [5.74, 6) is 0. The summed E-state index contributed by atoms with van der Waals surface area (Å²) in [6.07, 6.45) is 0. The molecule has 0 bridgehead atoms. The first kappa shape index (κ1) is 11.8. The molecule has 0 aliphatic rings. The van der Waals surface area contributed by atoms with Crippen LogP contribution in [0.1, 0.15) is 5.69 Å². The highest BCUT2D eigenvalue weighted by Crippen LogP contribution is 2.24. The van der Waals surface area contributed by atoms with Gasteiger partial charge in [0.1, 0.15) is 10.3 Å². The van der Waals surface area contributed by atoms with Gasteiger partial charge in [0.05, 0.1) is 10.6 Å². The molecule has 0 saturated carbocycles. The molecule has 3 aromatic rings. The number of nitrogens with zero attached hydrogens (tertiary/aromatic N) is 3. The summed E-state index contributed by atoms with van der Waals surface area (Å²) >= 11 is 5.24. The predicted octanol–water partition coefficient (Wildman–Crippen LogP) is 2.94. The first-order chi connectivity index (χ1) is 8.79. The summed E-state index contributed by atoms with van der Waals surface area (Å²) in [6.45, 7) is 0.721. The Morgan fingerprint density at radius 2 is 2.28 bits per heavy atom. The number of halogens is 1. The number of nitrogens with one attached hydrogen (secondary N) is 1. The van der Waals surface area contributed by atoms with Crippen LogP contribution in [0.15, 0.2) is 34.2 Å². The topological polar surface area (TPSA) is 42.2 Å². The Kier molecular flexibility index (Phi) is 3.15. The van der Waals surface area contributed by atoms with Crippen molar-refractivity contribution in [1.82, 2.24) is 19.9 Å². The lowest BCUT2D eigenvalue weighted by Gasteiger charge is -1.99. The molecule has 0 spiro atoms. The van der Waals surface area contributed by atoms with Gasteiger partial charge in [0.25, 0.3) is 0 Å². The third-order valence-corrected chi connectivity index (χ3v) is 4.29. The standard InChI is InChI=1S/C12H11BrN4S/c1-14-7-9-12(13)17-11(15-9)5-4-8(16-17)10-3-2-6-18-10/h2-6,14H,7H2,1H3. The summed E-state index contributed by atoms with van der Waals surface area (Å²) in [5.41, 5.74) is 2.78. The molecule has 0 radical (unpaired) electrons. The van der Waals surface area contributed by atoms with Gasteiger partial charge >= 0.3 is 0 Å². The van der Waals surface area contributed by atoms with E-state index in [0.717, 1.165) is 33.1 Å². The minimum atomic E-state index is 0.721. The number of aromatic nitrogens is 3. The van der Waals surface area contributed by atoms with Crippen molar-refractivity contribution in [2.75, 3.05) is 7.05 Å². The quantitative estimate of drug-likeness (QED) is 0.806. The second-order valence-electron chi connectivity index (χ2n) is 3.85. The largest absolute Gasteiger partial charge is 0.314 e. The van der Waals surface area contributed by atoms with Crippen LogP contribution in [0.4, 0.5) is 0 Å². The SMILES string of the molecule is CNCc1nc2ccc(-c3cccs3)nn2c1Br. The Morgan fingerprint density at radius 1 is 1.39 bits per heavy atom. The van der Waals surface area contributed by atoms with E-state index < -0.39 is 0 Å². The molecule has 0 atom stereocenters. The molecule has 1 N–H and O–H groups in total. The molecule has 4 nitrogen and oxygen atoms in total. The number of hydrogen-bond donors (Lipinski definition) is 1. The Balaban J connectivity index is 2.14. The Morgan fingerprint density at radius 3 is 3.00 bits per heavy atom. The summed E-state index contributed by atoms with van der Waals surface area (Å²) in [6, 6.07) is 8.09. The number of fused-ring (bicyclic) bond motifs is 1. The first-order valence-electron chi connectivity index (χ1n) is 5.52. The van der Waals surface area contributed by atoms with Gasteiger partial charge in [0.2, 0.25) is 0 Å². The Bertz CT molecular complexity index is 675. The minimum absolute atomic E-state index is 0.721. The molecule has 0 aliphatic heterocycles. The third kappa shape index (κ3) is 1.96. The first-order valence-corrected chi connectivity index (χ1v) is 7.19. The van der Waals surface area contributed by atoms with Crippen molar-refractivity contribution in [3.8, 4) is 10.6 Å². The van der Waals surface area contributed by atoms with E-state index >= 15 is 0 Å². The molecule has 0 fully saturated rings. The zero-order valence-electron chi connectivity index (χ0n) is 9.72. The maximum absolute atomic E-state index is 4.61. The molecule has 3 aromatic heterocycles. The second-order valence-corrected chi connectivity index (χ2v) is 5.54. The van der Waals surface area contributed by atoms with E-state index in [2.05, 4.69) is 42.8 Å². The summed E-state index contributed by atoms with van der Waals surface area (Å²) < 4.78 is 2.74. The average molecular weight is 323 g/mol. The zero-order chi connectivity index (χ0) is 12.5. The molecular weight excluding hydrogens is 312 g/mol. The van der Waals surface area contributed by atoms with Crippen LogP contribution in [0.2, 0.25) is 0 Å².